The molecule has 0 radical (unpaired) electrons. The van der Waals surface area contributed by atoms with E-state index in [0.29, 0.717) is 12.3 Å². The SMILES string of the molecule is Cc1ccccc1SCC(=O)NCc1nc2ccccc2s1. The first-order valence-electron chi connectivity index (χ1n) is 7.02. The number of aryl methyl sites for hydroxylation is 1. The van der Waals surface area contributed by atoms with Crippen LogP contribution in [0.4, 0.5) is 0 Å². The summed E-state index contributed by atoms with van der Waals surface area (Å²) in [4.78, 5) is 17.6. The summed E-state index contributed by atoms with van der Waals surface area (Å²) in [6.45, 7) is 2.55. The highest BCUT2D eigenvalue weighted by Crippen LogP contribution is 2.22. The van der Waals surface area contributed by atoms with Crippen molar-refractivity contribution in [1.82, 2.24) is 10.3 Å². The number of nitrogens with zero attached hydrogens (tertiary/aromatic N) is 1. The average Bonchev–Trinajstić information content (AvgIpc) is 2.95. The molecule has 0 bridgehead atoms. The van der Waals surface area contributed by atoms with Gasteiger partial charge in [-0.1, -0.05) is 30.3 Å². The Balaban J connectivity index is 1.53. The molecule has 0 atom stereocenters. The van der Waals surface area contributed by atoms with E-state index in [1.165, 1.54) is 5.56 Å². The number of carbonyl (C=O) groups excluding carboxylic acids is 1. The van der Waals surface area contributed by atoms with Crippen LogP contribution in [0.1, 0.15) is 10.6 Å². The standard InChI is InChI=1S/C17H16N2OS2/c1-12-6-2-4-8-14(12)21-11-16(20)18-10-17-19-13-7-3-5-9-15(13)22-17/h2-9H,10-11H2,1H3,(H,18,20). The minimum Gasteiger partial charge on any atom is -0.349 e. The number of para-hydroxylation sites is 1. The minimum absolute atomic E-state index is 0.0347. The van der Waals surface area contributed by atoms with E-state index in [2.05, 4.69) is 23.3 Å². The molecule has 5 heteroatoms. The maximum atomic E-state index is 12.0. The second-order valence-corrected chi connectivity index (χ2v) is 7.04. The van der Waals surface area contributed by atoms with Crippen molar-refractivity contribution >= 4 is 39.2 Å². The largest absolute Gasteiger partial charge is 0.349 e. The van der Waals surface area contributed by atoms with Crippen LogP contribution in [0.15, 0.2) is 53.4 Å². The molecule has 0 aliphatic heterocycles. The van der Waals surface area contributed by atoms with Crippen molar-refractivity contribution < 1.29 is 4.79 Å². The zero-order chi connectivity index (χ0) is 15.4. The highest BCUT2D eigenvalue weighted by atomic mass is 32.2. The number of aromatic nitrogens is 1. The Morgan fingerprint density at radius 1 is 1.18 bits per heavy atom. The third kappa shape index (κ3) is 3.67. The van der Waals surface area contributed by atoms with Crippen LogP contribution in [-0.4, -0.2) is 16.6 Å². The van der Waals surface area contributed by atoms with Crippen LogP contribution in [0.3, 0.4) is 0 Å². The summed E-state index contributed by atoms with van der Waals surface area (Å²) in [6, 6.07) is 16.1. The zero-order valence-corrected chi connectivity index (χ0v) is 13.8. The van der Waals surface area contributed by atoms with E-state index < -0.39 is 0 Å². The smallest absolute Gasteiger partial charge is 0.230 e. The van der Waals surface area contributed by atoms with Gasteiger partial charge in [0.1, 0.15) is 5.01 Å². The molecular weight excluding hydrogens is 312 g/mol. The van der Waals surface area contributed by atoms with E-state index in [1.807, 2.05) is 42.5 Å². The van der Waals surface area contributed by atoms with Crippen LogP contribution in [0.2, 0.25) is 0 Å². The zero-order valence-electron chi connectivity index (χ0n) is 12.2. The lowest BCUT2D eigenvalue weighted by Crippen LogP contribution is -2.24. The molecule has 2 aromatic carbocycles. The summed E-state index contributed by atoms with van der Waals surface area (Å²) in [5.74, 6) is 0.461. The van der Waals surface area contributed by atoms with Crippen LogP contribution < -0.4 is 5.32 Å². The molecule has 0 saturated heterocycles. The molecule has 22 heavy (non-hydrogen) atoms. The molecular formula is C17H16N2OS2. The van der Waals surface area contributed by atoms with Gasteiger partial charge in [-0.2, -0.15) is 0 Å². The van der Waals surface area contributed by atoms with Gasteiger partial charge in [-0.05, 0) is 30.7 Å². The molecule has 1 heterocycles. The summed E-state index contributed by atoms with van der Waals surface area (Å²) in [7, 11) is 0. The van der Waals surface area contributed by atoms with Crippen molar-refractivity contribution in [3.8, 4) is 0 Å². The number of thioether (sulfide) groups is 1. The van der Waals surface area contributed by atoms with Gasteiger partial charge in [0.15, 0.2) is 0 Å². The van der Waals surface area contributed by atoms with Gasteiger partial charge in [0, 0.05) is 4.90 Å². The monoisotopic (exact) mass is 328 g/mol. The van der Waals surface area contributed by atoms with E-state index in [4.69, 9.17) is 0 Å². The van der Waals surface area contributed by atoms with Crippen LogP contribution in [-0.2, 0) is 11.3 Å². The van der Waals surface area contributed by atoms with Crippen molar-refractivity contribution in [3.05, 3.63) is 59.1 Å². The van der Waals surface area contributed by atoms with Gasteiger partial charge in [-0.25, -0.2) is 4.98 Å². The first-order valence-corrected chi connectivity index (χ1v) is 8.82. The summed E-state index contributed by atoms with van der Waals surface area (Å²) in [5, 5.41) is 3.88. The number of amides is 1. The third-order valence-electron chi connectivity index (χ3n) is 3.23. The average molecular weight is 328 g/mol. The van der Waals surface area contributed by atoms with Gasteiger partial charge >= 0.3 is 0 Å². The molecule has 1 amide bonds. The number of hydrogen-bond acceptors (Lipinski definition) is 4. The van der Waals surface area contributed by atoms with Gasteiger partial charge in [0.2, 0.25) is 5.91 Å². The van der Waals surface area contributed by atoms with Crippen molar-refractivity contribution in [2.24, 2.45) is 0 Å². The highest BCUT2D eigenvalue weighted by Gasteiger charge is 2.07. The van der Waals surface area contributed by atoms with Crippen LogP contribution in [0.5, 0.6) is 0 Å². The van der Waals surface area contributed by atoms with Crippen molar-refractivity contribution in [2.75, 3.05) is 5.75 Å². The predicted molar refractivity (Wildman–Crippen MR) is 93.4 cm³/mol. The molecule has 0 fully saturated rings. The van der Waals surface area contributed by atoms with Crippen LogP contribution in [0, 0.1) is 6.92 Å². The molecule has 3 rings (SSSR count). The highest BCUT2D eigenvalue weighted by molar-refractivity contribution is 8.00. The fourth-order valence-corrected chi connectivity index (χ4v) is 3.85. The van der Waals surface area contributed by atoms with Gasteiger partial charge in [0.05, 0.1) is 22.5 Å². The number of rotatable bonds is 5. The lowest BCUT2D eigenvalue weighted by Gasteiger charge is -2.05. The Morgan fingerprint density at radius 2 is 1.95 bits per heavy atom. The number of hydrogen-bond donors (Lipinski definition) is 1. The lowest BCUT2D eigenvalue weighted by atomic mass is 10.2. The van der Waals surface area contributed by atoms with Gasteiger partial charge in [-0.15, -0.1) is 23.1 Å². The number of fused-ring (bicyclic) bond motifs is 1. The topological polar surface area (TPSA) is 42.0 Å². The Labute approximate surface area is 137 Å². The van der Waals surface area contributed by atoms with Gasteiger partial charge in [-0.3, -0.25) is 4.79 Å². The maximum absolute atomic E-state index is 12.0. The van der Waals surface area contributed by atoms with Crippen molar-refractivity contribution in [2.45, 2.75) is 18.4 Å². The van der Waals surface area contributed by atoms with Crippen LogP contribution in [0.25, 0.3) is 10.2 Å². The number of benzene rings is 2. The minimum atomic E-state index is 0.0347. The first-order chi connectivity index (χ1) is 10.7. The molecule has 3 nitrogen and oxygen atoms in total. The molecule has 112 valence electrons. The van der Waals surface area contributed by atoms with E-state index >= 15 is 0 Å². The predicted octanol–water partition coefficient (Wildman–Crippen LogP) is 4.01. The molecule has 0 unspecified atom stereocenters. The quantitative estimate of drug-likeness (QED) is 0.720. The van der Waals surface area contributed by atoms with E-state index in [1.54, 1.807) is 23.1 Å². The molecule has 1 aromatic heterocycles. The van der Waals surface area contributed by atoms with Crippen molar-refractivity contribution in [1.29, 1.82) is 0 Å². The fraction of sp³-hybridized carbons (Fsp3) is 0.176. The Bertz CT molecular complexity index is 765. The Morgan fingerprint density at radius 3 is 2.77 bits per heavy atom. The Hall–Kier alpha value is -1.85. The van der Waals surface area contributed by atoms with E-state index in [0.717, 1.165) is 20.1 Å². The molecule has 0 aliphatic rings. The Kier molecular flexibility index (Phi) is 4.75. The molecule has 3 aromatic rings. The summed E-state index contributed by atoms with van der Waals surface area (Å²) < 4.78 is 1.15. The molecule has 0 saturated carbocycles. The van der Waals surface area contributed by atoms with Crippen molar-refractivity contribution in [3.63, 3.8) is 0 Å². The number of carbonyl (C=O) groups is 1. The normalized spacial score (nSPS) is 10.8. The number of nitrogens with one attached hydrogen (secondary N) is 1. The second kappa shape index (κ2) is 6.94. The number of thiazole rings is 1. The van der Waals surface area contributed by atoms with E-state index in [9.17, 15) is 4.79 Å². The fourth-order valence-electron chi connectivity index (χ4n) is 2.08. The van der Waals surface area contributed by atoms with Gasteiger partial charge < -0.3 is 5.32 Å². The van der Waals surface area contributed by atoms with Gasteiger partial charge in [0.25, 0.3) is 0 Å². The maximum Gasteiger partial charge on any atom is 0.230 e. The molecule has 1 N–H and O–H groups in total. The van der Waals surface area contributed by atoms with Crippen LogP contribution >= 0.6 is 23.1 Å². The first kappa shape index (κ1) is 15.1. The lowest BCUT2D eigenvalue weighted by molar-refractivity contribution is -0.118. The summed E-state index contributed by atoms with van der Waals surface area (Å²) in [6.07, 6.45) is 0. The van der Waals surface area contributed by atoms with E-state index in [-0.39, 0.29) is 5.91 Å². The molecule has 0 aliphatic carbocycles. The molecule has 0 spiro atoms. The summed E-state index contributed by atoms with van der Waals surface area (Å²) >= 11 is 3.19. The summed E-state index contributed by atoms with van der Waals surface area (Å²) in [5.41, 5.74) is 2.19. The third-order valence-corrected chi connectivity index (χ3v) is 5.44. The second-order valence-electron chi connectivity index (χ2n) is 4.91.